The fraction of sp³-hybridized carbons (Fsp3) is 0.217. The number of rotatable bonds is 6. The zero-order valence-electron chi connectivity index (χ0n) is 17.0. The number of halogens is 2. The fourth-order valence-electron chi connectivity index (χ4n) is 3.51. The van der Waals surface area contributed by atoms with E-state index in [4.69, 9.17) is 9.47 Å². The molecule has 0 saturated heterocycles. The summed E-state index contributed by atoms with van der Waals surface area (Å²) in [4.78, 5) is 19.4. The third-order valence-corrected chi connectivity index (χ3v) is 6.19. The Hall–Kier alpha value is -2.58. The van der Waals surface area contributed by atoms with Crippen LogP contribution >= 0.6 is 27.7 Å². The van der Waals surface area contributed by atoms with Crippen LogP contribution in [0.25, 0.3) is 0 Å². The van der Waals surface area contributed by atoms with Crippen LogP contribution in [0, 0.1) is 5.82 Å². The Morgan fingerprint density at radius 1 is 1.29 bits per heavy atom. The van der Waals surface area contributed by atoms with Crippen molar-refractivity contribution in [3.05, 3.63) is 86.8 Å². The second-order valence-corrected chi connectivity index (χ2v) is 8.68. The van der Waals surface area contributed by atoms with Crippen LogP contribution in [0.4, 0.5) is 4.39 Å². The maximum Gasteiger partial charge on any atom is 0.338 e. The van der Waals surface area contributed by atoms with E-state index in [1.807, 2.05) is 34.7 Å². The third-order valence-electron chi connectivity index (χ3n) is 4.92. The molecule has 8 heteroatoms. The molecule has 0 saturated carbocycles. The summed E-state index contributed by atoms with van der Waals surface area (Å²) in [6.07, 6.45) is 1.89. The molecule has 160 valence electrons. The molecule has 2 aromatic rings. The summed E-state index contributed by atoms with van der Waals surface area (Å²) >= 11 is 5.01. The molecule has 0 spiro atoms. The van der Waals surface area contributed by atoms with E-state index >= 15 is 0 Å². The van der Waals surface area contributed by atoms with Gasteiger partial charge in [0.2, 0.25) is 0 Å². The average molecular weight is 503 g/mol. The first-order valence-corrected chi connectivity index (χ1v) is 11.4. The molecule has 0 fully saturated rings. The van der Waals surface area contributed by atoms with Gasteiger partial charge in [-0.15, -0.1) is 0 Å². The molecule has 2 aliphatic heterocycles. The first-order chi connectivity index (χ1) is 15.0. The molecular weight excluding hydrogens is 483 g/mol. The highest BCUT2D eigenvalue weighted by atomic mass is 79.9. The number of carbonyl (C=O) groups excluding carboxylic acids is 1. The summed E-state index contributed by atoms with van der Waals surface area (Å²) in [5.74, 6) is -0.189. The van der Waals surface area contributed by atoms with Crippen LogP contribution in [0.3, 0.4) is 0 Å². The zero-order chi connectivity index (χ0) is 22.0. The van der Waals surface area contributed by atoms with Gasteiger partial charge in [-0.25, -0.2) is 14.2 Å². The summed E-state index contributed by atoms with van der Waals surface area (Å²) in [6.45, 7) is 3.91. The molecule has 2 heterocycles. The summed E-state index contributed by atoms with van der Waals surface area (Å²) in [5.41, 5.74) is 2.27. The average Bonchev–Trinajstić information content (AvgIpc) is 3.21. The van der Waals surface area contributed by atoms with Crippen molar-refractivity contribution in [1.82, 2.24) is 4.90 Å². The smallest absolute Gasteiger partial charge is 0.338 e. The molecule has 1 atom stereocenters. The van der Waals surface area contributed by atoms with Crippen LogP contribution in [0.15, 0.2) is 74.8 Å². The highest BCUT2D eigenvalue weighted by Gasteiger charge is 2.39. The Morgan fingerprint density at radius 2 is 2.10 bits per heavy atom. The van der Waals surface area contributed by atoms with Crippen molar-refractivity contribution < 1.29 is 18.7 Å². The van der Waals surface area contributed by atoms with E-state index in [9.17, 15) is 9.18 Å². The van der Waals surface area contributed by atoms with Gasteiger partial charge in [-0.3, -0.25) is 0 Å². The number of hydrogen-bond donors (Lipinski definition) is 0. The first kappa shape index (κ1) is 21.6. The number of hydrogen-bond acceptors (Lipinski definition) is 6. The maximum absolute atomic E-state index is 14.1. The van der Waals surface area contributed by atoms with Crippen molar-refractivity contribution in [2.24, 2.45) is 4.99 Å². The Kier molecular flexibility index (Phi) is 6.48. The van der Waals surface area contributed by atoms with Gasteiger partial charge < -0.3 is 14.4 Å². The maximum atomic E-state index is 14.1. The highest BCUT2D eigenvalue weighted by molar-refractivity contribution is 9.10. The van der Waals surface area contributed by atoms with Gasteiger partial charge in [-0.2, -0.15) is 0 Å². The third kappa shape index (κ3) is 4.41. The van der Waals surface area contributed by atoms with Crippen LogP contribution in [0.1, 0.15) is 31.0 Å². The zero-order valence-corrected chi connectivity index (χ0v) is 19.4. The van der Waals surface area contributed by atoms with E-state index in [0.717, 1.165) is 15.2 Å². The second kappa shape index (κ2) is 9.28. The SMILES string of the molecule is CCOC(=O)C1=C(C)N=C2SC=CN2[C@@H]1c1cc(Br)ccc1OCc1ccccc1F. The van der Waals surface area contributed by atoms with Gasteiger partial charge in [0.05, 0.1) is 23.9 Å². The molecule has 0 amide bonds. The molecule has 0 aromatic heterocycles. The predicted octanol–water partition coefficient (Wildman–Crippen LogP) is 5.94. The van der Waals surface area contributed by atoms with Crippen molar-refractivity contribution in [3.8, 4) is 5.75 Å². The number of esters is 1. The lowest BCUT2D eigenvalue weighted by atomic mass is 9.94. The van der Waals surface area contributed by atoms with Crippen LogP contribution < -0.4 is 4.74 Å². The molecule has 2 aromatic carbocycles. The van der Waals surface area contributed by atoms with E-state index in [1.165, 1.54) is 17.8 Å². The van der Waals surface area contributed by atoms with Gasteiger partial charge in [0.15, 0.2) is 5.17 Å². The summed E-state index contributed by atoms with van der Waals surface area (Å²) in [7, 11) is 0. The first-order valence-electron chi connectivity index (χ1n) is 9.73. The van der Waals surface area contributed by atoms with Crippen LogP contribution in [0.5, 0.6) is 5.75 Å². The van der Waals surface area contributed by atoms with Crippen LogP contribution in [-0.2, 0) is 16.1 Å². The minimum absolute atomic E-state index is 0.0665. The number of allylic oxidation sites excluding steroid dienone is 1. The quantitative estimate of drug-likeness (QED) is 0.457. The minimum Gasteiger partial charge on any atom is -0.488 e. The van der Waals surface area contributed by atoms with Crippen molar-refractivity contribution in [1.29, 1.82) is 0 Å². The molecule has 0 radical (unpaired) electrons. The summed E-state index contributed by atoms with van der Waals surface area (Å²) in [6, 6.07) is 11.6. The number of fused-ring (bicyclic) bond motifs is 1. The molecule has 0 bridgehead atoms. The van der Waals surface area contributed by atoms with Gasteiger partial charge in [0.1, 0.15) is 18.2 Å². The van der Waals surface area contributed by atoms with Crippen LogP contribution in [0.2, 0.25) is 0 Å². The molecule has 4 rings (SSSR count). The Bertz CT molecular complexity index is 1120. The van der Waals surface area contributed by atoms with Gasteiger partial charge in [-0.1, -0.05) is 45.9 Å². The van der Waals surface area contributed by atoms with Crippen molar-refractivity contribution in [2.75, 3.05) is 6.61 Å². The molecule has 0 unspecified atom stereocenters. The number of amidine groups is 1. The van der Waals surface area contributed by atoms with Crippen molar-refractivity contribution in [2.45, 2.75) is 26.5 Å². The standard InChI is InChI=1S/C23H20BrFN2O3S/c1-3-29-22(28)20-14(2)26-23-27(10-11-31-23)21(20)17-12-16(24)8-9-19(17)30-13-15-6-4-5-7-18(15)25/h4-12,21H,3,13H2,1-2H3/t21-/m1/s1. The van der Waals surface area contributed by atoms with Crippen molar-refractivity contribution in [3.63, 3.8) is 0 Å². The van der Waals surface area contributed by atoms with Crippen LogP contribution in [-0.4, -0.2) is 22.6 Å². The van der Waals surface area contributed by atoms with E-state index in [2.05, 4.69) is 20.9 Å². The highest BCUT2D eigenvalue weighted by Crippen LogP contribution is 2.44. The number of nitrogens with zero attached hydrogens (tertiary/aromatic N) is 2. The van der Waals surface area contributed by atoms with E-state index in [-0.39, 0.29) is 19.0 Å². The van der Waals surface area contributed by atoms with Gasteiger partial charge >= 0.3 is 5.97 Å². The molecule has 0 N–H and O–H groups in total. The Labute approximate surface area is 192 Å². The monoisotopic (exact) mass is 502 g/mol. The van der Waals surface area contributed by atoms with Gasteiger partial charge in [-0.05, 0) is 43.5 Å². The fourth-order valence-corrected chi connectivity index (χ4v) is 4.68. The van der Waals surface area contributed by atoms with E-state index < -0.39 is 12.0 Å². The number of thioether (sulfide) groups is 1. The van der Waals surface area contributed by atoms with E-state index in [1.54, 1.807) is 32.0 Å². The molecule has 2 aliphatic rings. The lowest BCUT2D eigenvalue weighted by Gasteiger charge is -2.34. The molecular formula is C23H20BrFN2O3S. The van der Waals surface area contributed by atoms with Gasteiger partial charge in [0.25, 0.3) is 0 Å². The molecule has 5 nitrogen and oxygen atoms in total. The largest absolute Gasteiger partial charge is 0.488 e. The Morgan fingerprint density at radius 3 is 2.87 bits per heavy atom. The lowest BCUT2D eigenvalue weighted by Crippen LogP contribution is -2.34. The number of aliphatic imine (C=N–C) groups is 1. The predicted molar refractivity (Wildman–Crippen MR) is 123 cm³/mol. The number of carbonyl (C=O) groups is 1. The molecule has 31 heavy (non-hydrogen) atoms. The van der Waals surface area contributed by atoms with E-state index in [0.29, 0.717) is 22.6 Å². The summed E-state index contributed by atoms with van der Waals surface area (Å²) in [5, 5.41) is 2.70. The normalized spacial score (nSPS) is 17.5. The number of ether oxygens (including phenoxy) is 2. The van der Waals surface area contributed by atoms with Crippen molar-refractivity contribution >= 4 is 38.8 Å². The summed E-state index contributed by atoms with van der Waals surface area (Å²) < 4.78 is 26.3. The second-order valence-electron chi connectivity index (χ2n) is 6.89. The Balaban J connectivity index is 1.76. The number of benzene rings is 2. The minimum atomic E-state index is -0.481. The topological polar surface area (TPSA) is 51.1 Å². The molecule has 0 aliphatic carbocycles. The van der Waals surface area contributed by atoms with Gasteiger partial charge in [0, 0.05) is 21.8 Å². The lowest BCUT2D eigenvalue weighted by molar-refractivity contribution is -0.139.